The summed E-state index contributed by atoms with van der Waals surface area (Å²) >= 11 is 5.84. The van der Waals surface area contributed by atoms with Crippen molar-refractivity contribution in [3.8, 4) is 16.9 Å². The van der Waals surface area contributed by atoms with E-state index in [4.69, 9.17) is 22.1 Å². The van der Waals surface area contributed by atoms with Crippen LogP contribution in [0, 0.1) is 6.92 Å². The fraction of sp³-hybridized carbons (Fsp3) is 0.0952. The molecule has 1 aromatic heterocycles. The summed E-state index contributed by atoms with van der Waals surface area (Å²) in [6, 6.07) is 13.4. The molecule has 0 spiro atoms. The largest absolute Gasteiger partial charge is 0.496 e. The molecule has 2 aromatic carbocycles. The number of hydrogen-bond donors (Lipinski definition) is 2. The Balaban J connectivity index is 1.91. The fourth-order valence-corrected chi connectivity index (χ4v) is 2.90. The molecule has 3 rings (SSSR count). The van der Waals surface area contributed by atoms with Crippen molar-refractivity contribution in [1.29, 1.82) is 0 Å². The Kier molecular flexibility index (Phi) is 5.61. The summed E-state index contributed by atoms with van der Waals surface area (Å²) in [5.74, 6) is 0.742. The smallest absolute Gasteiger partial charge is 0.256 e. The van der Waals surface area contributed by atoms with Crippen LogP contribution in [0.5, 0.6) is 5.75 Å². The predicted octanol–water partition coefficient (Wildman–Crippen LogP) is 4.37. The van der Waals surface area contributed by atoms with Crippen molar-refractivity contribution in [2.45, 2.75) is 6.92 Å². The van der Waals surface area contributed by atoms with Crippen molar-refractivity contribution in [3.63, 3.8) is 0 Å². The van der Waals surface area contributed by atoms with E-state index in [0.29, 0.717) is 38.8 Å². The summed E-state index contributed by atoms with van der Waals surface area (Å²) in [5.41, 5.74) is 9.27. The number of carbonyl (C=O) groups is 2. The first-order chi connectivity index (χ1) is 13.4. The minimum absolute atomic E-state index is 0.227. The maximum absolute atomic E-state index is 12.3. The zero-order chi connectivity index (χ0) is 20.3. The minimum Gasteiger partial charge on any atom is -0.496 e. The molecule has 0 aliphatic rings. The summed E-state index contributed by atoms with van der Waals surface area (Å²) in [7, 11) is 1.52. The number of nitrogens with one attached hydrogen (secondary N) is 1. The Morgan fingerprint density at radius 2 is 1.86 bits per heavy atom. The van der Waals surface area contributed by atoms with Gasteiger partial charge < -0.3 is 15.8 Å². The van der Waals surface area contributed by atoms with Crippen LogP contribution in [0.25, 0.3) is 11.1 Å². The Morgan fingerprint density at radius 1 is 1.14 bits per heavy atom. The van der Waals surface area contributed by atoms with Gasteiger partial charge in [-0.05, 0) is 61.0 Å². The number of aryl methyl sites for hydroxylation is 1. The molecule has 7 heteroatoms. The SMILES string of the molecule is COc1cc(C=O)c(C)cc1-c1ccc(NC(=O)c2ccc(Cl)cc2)nc1N. The van der Waals surface area contributed by atoms with Gasteiger partial charge in [0, 0.05) is 27.3 Å². The second-order valence-electron chi connectivity index (χ2n) is 6.12. The van der Waals surface area contributed by atoms with E-state index in [1.165, 1.54) is 7.11 Å². The average molecular weight is 396 g/mol. The molecule has 0 atom stereocenters. The van der Waals surface area contributed by atoms with Gasteiger partial charge in [0.05, 0.1) is 7.11 Å². The van der Waals surface area contributed by atoms with E-state index >= 15 is 0 Å². The highest BCUT2D eigenvalue weighted by Crippen LogP contribution is 2.35. The molecule has 1 amide bonds. The number of pyridine rings is 1. The standard InChI is InChI=1S/C21H18ClN3O3/c1-12-9-17(18(28-2)10-14(12)11-26)16-7-8-19(24-20(16)23)25-21(27)13-3-5-15(22)6-4-13/h3-11H,1-2H3,(H3,23,24,25,27). The topological polar surface area (TPSA) is 94.3 Å². The van der Waals surface area contributed by atoms with Crippen molar-refractivity contribution in [2.75, 3.05) is 18.2 Å². The summed E-state index contributed by atoms with van der Waals surface area (Å²) in [6.45, 7) is 1.83. The summed E-state index contributed by atoms with van der Waals surface area (Å²) in [4.78, 5) is 27.7. The van der Waals surface area contributed by atoms with Gasteiger partial charge in [-0.25, -0.2) is 4.98 Å². The van der Waals surface area contributed by atoms with Gasteiger partial charge in [-0.2, -0.15) is 0 Å². The van der Waals surface area contributed by atoms with E-state index in [0.717, 1.165) is 11.8 Å². The second-order valence-corrected chi connectivity index (χ2v) is 6.55. The first kappa shape index (κ1) is 19.4. The van der Waals surface area contributed by atoms with E-state index in [1.807, 2.05) is 13.0 Å². The van der Waals surface area contributed by atoms with Gasteiger partial charge in [0.25, 0.3) is 5.91 Å². The number of carbonyl (C=O) groups excluding carboxylic acids is 2. The molecule has 3 N–H and O–H groups in total. The van der Waals surface area contributed by atoms with Crippen LogP contribution in [-0.2, 0) is 0 Å². The van der Waals surface area contributed by atoms with Crippen molar-refractivity contribution in [3.05, 3.63) is 70.2 Å². The molecule has 0 aliphatic carbocycles. The first-order valence-corrected chi connectivity index (χ1v) is 8.78. The monoisotopic (exact) mass is 395 g/mol. The van der Waals surface area contributed by atoms with Crippen LogP contribution < -0.4 is 15.8 Å². The molecule has 142 valence electrons. The number of nitrogen functional groups attached to an aromatic ring is 1. The van der Waals surface area contributed by atoms with Gasteiger partial charge in [-0.3, -0.25) is 9.59 Å². The number of ether oxygens (including phenoxy) is 1. The van der Waals surface area contributed by atoms with E-state index in [-0.39, 0.29) is 11.7 Å². The Bertz CT molecular complexity index is 1050. The Hall–Kier alpha value is -3.38. The van der Waals surface area contributed by atoms with E-state index in [2.05, 4.69) is 10.3 Å². The van der Waals surface area contributed by atoms with Crippen LogP contribution in [0.15, 0.2) is 48.5 Å². The molecule has 0 bridgehead atoms. The highest BCUT2D eigenvalue weighted by molar-refractivity contribution is 6.30. The number of amides is 1. The molecule has 0 saturated heterocycles. The summed E-state index contributed by atoms with van der Waals surface area (Å²) in [6.07, 6.45) is 0.776. The number of hydrogen-bond acceptors (Lipinski definition) is 5. The lowest BCUT2D eigenvalue weighted by molar-refractivity contribution is 0.102. The van der Waals surface area contributed by atoms with E-state index < -0.39 is 0 Å². The van der Waals surface area contributed by atoms with Crippen LogP contribution >= 0.6 is 11.6 Å². The number of nitrogens with two attached hydrogens (primary N) is 1. The highest BCUT2D eigenvalue weighted by Gasteiger charge is 2.14. The molecule has 0 unspecified atom stereocenters. The molecule has 28 heavy (non-hydrogen) atoms. The number of rotatable bonds is 5. The summed E-state index contributed by atoms with van der Waals surface area (Å²) in [5, 5.41) is 3.25. The lowest BCUT2D eigenvalue weighted by Crippen LogP contribution is -2.13. The normalized spacial score (nSPS) is 10.4. The van der Waals surface area contributed by atoms with Gasteiger partial charge in [-0.1, -0.05) is 11.6 Å². The molecule has 0 saturated carbocycles. The number of aldehydes is 1. The molecule has 0 fully saturated rings. The zero-order valence-corrected chi connectivity index (χ0v) is 16.1. The lowest BCUT2D eigenvalue weighted by Gasteiger charge is -2.14. The molecule has 0 aliphatic heterocycles. The molecular formula is C21H18ClN3O3. The first-order valence-electron chi connectivity index (χ1n) is 8.40. The lowest BCUT2D eigenvalue weighted by atomic mass is 9.99. The number of nitrogens with zero attached hydrogens (tertiary/aromatic N) is 1. The third-order valence-corrected chi connectivity index (χ3v) is 4.53. The molecule has 0 radical (unpaired) electrons. The quantitative estimate of drug-likeness (QED) is 0.625. The zero-order valence-electron chi connectivity index (χ0n) is 15.3. The van der Waals surface area contributed by atoms with Crippen LogP contribution in [0.1, 0.15) is 26.3 Å². The number of aromatic nitrogens is 1. The van der Waals surface area contributed by atoms with Gasteiger partial charge in [0.2, 0.25) is 0 Å². The molecule has 6 nitrogen and oxygen atoms in total. The van der Waals surface area contributed by atoms with Gasteiger partial charge in [-0.15, -0.1) is 0 Å². The van der Waals surface area contributed by atoms with Gasteiger partial charge >= 0.3 is 0 Å². The number of benzene rings is 2. The van der Waals surface area contributed by atoms with Crippen LogP contribution in [0.4, 0.5) is 11.6 Å². The number of halogens is 1. The molecule has 1 heterocycles. The molecule has 3 aromatic rings. The maximum Gasteiger partial charge on any atom is 0.256 e. The molecular weight excluding hydrogens is 378 g/mol. The number of anilines is 2. The van der Waals surface area contributed by atoms with Crippen LogP contribution in [-0.4, -0.2) is 24.3 Å². The maximum atomic E-state index is 12.3. The van der Waals surface area contributed by atoms with E-state index in [9.17, 15) is 9.59 Å². The number of methoxy groups -OCH3 is 1. The van der Waals surface area contributed by atoms with Gasteiger partial charge in [0.1, 0.15) is 23.7 Å². The third kappa shape index (κ3) is 3.97. The van der Waals surface area contributed by atoms with Crippen LogP contribution in [0.2, 0.25) is 5.02 Å². The van der Waals surface area contributed by atoms with Crippen molar-refractivity contribution < 1.29 is 14.3 Å². The fourth-order valence-electron chi connectivity index (χ4n) is 2.77. The Morgan fingerprint density at radius 3 is 2.46 bits per heavy atom. The second kappa shape index (κ2) is 8.10. The average Bonchev–Trinajstić information content (AvgIpc) is 2.68. The van der Waals surface area contributed by atoms with Crippen LogP contribution in [0.3, 0.4) is 0 Å². The van der Waals surface area contributed by atoms with Crippen molar-refractivity contribution in [2.24, 2.45) is 0 Å². The van der Waals surface area contributed by atoms with Crippen molar-refractivity contribution in [1.82, 2.24) is 4.98 Å². The van der Waals surface area contributed by atoms with Crippen molar-refractivity contribution >= 4 is 35.4 Å². The third-order valence-electron chi connectivity index (χ3n) is 4.28. The van der Waals surface area contributed by atoms with E-state index in [1.54, 1.807) is 42.5 Å². The summed E-state index contributed by atoms with van der Waals surface area (Å²) < 4.78 is 5.39. The predicted molar refractivity (Wildman–Crippen MR) is 110 cm³/mol. The highest BCUT2D eigenvalue weighted by atomic mass is 35.5. The Labute approximate surface area is 167 Å². The minimum atomic E-state index is -0.319. The van der Waals surface area contributed by atoms with Gasteiger partial charge in [0.15, 0.2) is 0 Å².